The predicted octanol–water partition coefficient (Wildman–Crippen LogP) is 6.71. The molecular weight excluding hydrogens is 530 g/mol. The molecule has 0 aliphatic carbocycles. The molecule has 198 valence electrons. The smallest absolute Gasteiger partial charge is 0.337 e. The summed E-state index contributed by atoms with van der Waals surface area (Å²) >= 11 is 7.34. The number of carbonyl (C=O) groups excluding carboxylic acids is 2. The topological polar surface area (TPSA) is 91.2 Å². The number of nitrogens with zero attached hydrogens (tertiary/aromatic N) is 1. The number of amides is 1. The second-order valence-electron chi connectivity index (χ2n) is 8.95. The zero-order valence-electron chi connectivity index (χ0n) is 21.7. The minimum absolute atomic E-state index is 0.0808. The number of hydrogen-bond acceptors (Lipinski definition) is 6. The number of carbonyl (C=O) groups is 2. The molecule has 6 nitrogen and oxygen atoms in total. The molecule has 0 fully saturated rings. The van der Waals surface area contributed by atoms with Gasteiger partial charge in [-0.15, -0.1) is 0 Å². The molecule has 0 saturated heterocycles. The first-order valence-electron chi connectivity index (χ1n) is 12.5. The van der Waals surface area contributed by atoms with Crippen molar-refractivity contribution < 1.29 is 14.3 Å². The molecule has 0 unspecified atom stereocenters. The fourth-order valence-corrected chi connectivity index (χ4v) is 5.26. The number of rotatable bonds is 9. The Balaban J connectivity index is 1.56. The molecule has 0 bridgehead atoms. The maximum atomic E-state index is 13.4. The first-order valence-corrected chi connectivity index (χ1v) is 13.9. The van der Waals surface area contributed by atoms with Crippen LogP contribution in [0.15, 0.2) is 101 Å². The Hall–Kier alpha value is -3.99. The van der Waals surface area contributed by atoms with Gasteiger partial charge in [0.2, 0.25) is 5.91 Å². The Morgan fingerprint density at radius 1 is 1.03 bits per heavy atom. The minimum atomic E-state index is -0.677. The quantitative estimate of drug-likeness (QED) is 0.284. The monoisotopic (exact) mass is 557 g/mol. The van der Waals surface area contributed by atoms with Crippen LogP contribution >= 0.6 is 23.4 Å². The summed E-state index contributed by atoms with van der Waals surface area (Å²) in [6, 6.07) is 26.4. The molecule has 1 heterocycles. The van der Waals surface area contributed by atoms with E-state index in [9.17, 15) is 14.9 Å². The minimum Gasteiger partial charge on any atom is -0.457 e. The van der Waals surface area contributed by atoms with Gasteiger partial charge in [0, 0.05) is 16.4 Å². The third-order valence-electron chi connectivity index (χ3n) is 6.28. The van der Waals surface area contributed by atoms with Crippen LogP contribution in [0.5, 0.6) is 0 Å². The van der Waals surface area contributed by atoms with E-state index in [1.54, 1.807) is 31.2 Å². The summed E-state index contributed by atoms with van der Waals surface area (Å²) in [4.78, 5) is 26.1. The van der Waals surface area contributed by atoms with Gasteiger partial charge in [0.05, 0.1) is 33.9 Å². The molecule has 0 spiro atoms. The molecule has 4 rings (SSSR count). The summed E-state index contributed by atoms with van der Waals surface area (Å²) < 4.78 is 5.66. The third kappa shape index (κ3) is 7.11. The Morgan fingerprint density at radius 2 is 1.72 bits per heavy atom. The van der Waals surface area contributed by atoms with Gasteiger partial charge in [0.25, 0.3) is 0 Å². The standard InChI is InChI=1S/C31H28ClN3O3S/c1-3-21-9-15-25(16-10-21)35-27(36)19-39-30-26(17-33)29(23-11-13-24(32)14-12-23)28(20(2)34-30)31(37)38-18-22-7-5-4-6-8-22/h4-16,29,34H,3,18-19H2,1-2H3,(H,35,36)/t29-/m1/s1. The fourth-order valence-electron chi connectivity index (χ4n) is 4.25. The lowest BCUT2D eigenvalue weighted by Gasteiger charge is -2.29. The average molecular weight is 558 g/mol. The molecule has 8 heteroatoms. The molecule has 1 amide bonds. The number of aryl methyl sites for hydroxylation is 1. The van der Waals surface area contributed by atoms with Crippen molar-refractivity contribution in [2.24, 2.45) is 0 Å². The Morgan fingerprint density at radius 3 is 2.36 bits per heavy atom. The maximum absolute atomic E-state index is 13.4. The van der Waals surface area contributed by atoms with E-state index in [0.717, 1.165) is 17.5 Å². The largest absolute Gasteiger partial charge is 0.457 e. The number of esters is 1. The van der Waals surface area contributed by atoms with Crippen LogP contribution in [0.4, 0.5) is 5.69 Å². The number of thioether (sulfide) groups is 1. The van der Waals surface area contributed by atoms with Gasteiger partial charge in [-0.1, -0.05) is 84.9 Å². The lowest BCUT2D eigenvalue weighted by atomic mass is 9.82. The summed E-state index contributed by atoms with van der Waals surface area (Å²) in [6.45, 7) is 3.95. The van der Waals surface area contributed by atoms with Crippen molar-refractivity contribution in [3.05, 3.63) is 122 Å². The number of nitriles is 1. The van der Waals surface area contributed by atoms with E-state index in [4.69, 9.17) is 16.3 Å². The molecule has 0 aromatic heterocycles. The number of anilines is 1. The van der Waals surface area contributed by atoms with Crippen molar-refractivity contribution in [3.8, 4) is 6.07 Å². The lowest BCUT2D eigenvalue weighted by molar-refractivity contribution is -0.140. The van der Waals surface area contributed by atoms with Gasteiger partial charge in [0.15, 0.2) is 0 Å². The average Bonchev–Trinajstić information content (AvgIpc) is 2.96. The van der Waals surface area contributed by atoms with Crippen LogP contribution in [-0.4, -0.2) is 17.6 Å². The van der Waals surface area contributed by atoms with E-state index in [1.165, 1.54) is 17.3 Å². The number of allylic oxidation sites excluding steroid dienone is 2. The number of hydrogen-bond donors (Lipinski definition) is 2. The fraction of sp³-hybridized carbons (Fsp3) is 0.194. The van der Waals surface area contributed by atoms with E-state index in [1.807, 2.05) is 54.6 Å². The van der Waals surface area contributed by atoms with Crippen molar-refractivity contribution in [2.45, 2.75) is 32.8 Å². The van der Waals surface area contributed by atoms with Gasteiger partial charge in [0.1, 0.15) is 6.61 Å². The first kappa shape index (κ1) is 28.0. The SMILES string of the molecule is CCc1ccc(NC(=O)CSC2=C(C#N)[C@@H](c3ccc(Cl)cc3)C(C(=O)OCc3ccccc3)=C(C)N2)cc1. The summed E-state index contributed by atoms with van der Waals surface area (Å²) in [5, 5.41) is 17.4. The van der Waals surface area contributed by atoms with Crippen LogP contribution in [-0.2, 0) is 27.4 Å². The zero-order valence-corrected chi connectivity index (χ0v) is 23.2. The van der Waals surface area contributed by atoms with E-state index in [0.29, 0.717) is 32.6 Å². The van der Waals surface area contributed by atoms with E-state index in [2.05, 4.69) is 23.6 Å². The highest BCUT2D eigenvalue weighted by molar-refractivity contribution is 8.03. The molecule has 2 N–H and O–H groups in total. The summed E-state index contributed by atoms with van der Waals surface area (Å²) in [5.74, 6) is -1.32. The van der Waals surface area contributed by atoms with Gasteiger partial charge in [-0.25, -0.2) is 4.79 Å². The Bertz CT molecular complexity index is 1440. The predicted molar refractivity (Wildman–Crippen MR) is 156 cm³/mol. The molecule has 1 aliphatic heterocycles. The maximum Gasteiger partial charge on any atom is 0.337 e. The summed E-state index contributed by atoms with van der Waals surface area (Å²) in [5.41, 5.74) is 4.72. The highest BCUT2D eigenvalue weighted by atomic mass is 35.5. The van der Waals surface area contributed by atoms with Crippen molar-refractivity contribution in [1.29, 1.82) is 5.26 Å². The molecule has 39 heavy (non-hydrogen) atoms. The highest BCUT2D eigenvalue weighted by Gasteiger charge is 2.35. The number of benzene rings is 3. The second-order valence-corrected chi connectivity index (χ2v) is 10.4. The normalized spacial score (nSPS) is 14.9. The molecule has 3 aromatic rings. The molecule has 3 aromatic carbocycles. The highest BCUT2D eigenvalue weighted by Crippen LogP contribution is 2.41. The number of ether oxygens (including phenoxy) is 1. The zero-order chi connectivity index (χ0) is 27.8. The first-order chi connectivity index (χ1) is 18.9. The van der Waals surface area contributed by atoms with Crippen LogP contribution in [0, 0.1) is 11.3 Å². The Kier molecular flexibility index (Phi) is 9.48. The van der Waals surface area contributed by atoms with E-state index in [-0.39, 0.29) is 18.3 Å². The number of nitrogens with one attached hydrogen (secondary N) is 2. The third-order valence-corrected chi connectivity index (χ3v) is 7.55. The number of dihydropyridines is 1. The molecular formula is C31H28ClN3O3S. The van der Waals surface area contributed by atoms with Crippen molar-refractivity contribution >= 4 is 40.9 Å². The second kappa shape index (κ2) is 13.2. The van der Waals surface area contributed by atoms with Gasteiger partial charge < -0.3 is 15.4 Å². The summed E-state index contributed by atoms with van der Waals surface area (Å²) in [7, 11) is 0. The molecule has 0 radical (unpaired) electrons. The van der Waals surface area contributed by atoms with Crippen LogP contribution in [0.3, 0.4) is 0 Å². The van der Waals surface area contributed by atoms with E-state index < -0.39 is 11.9 Å². The Labute approximate surface area is 237 Å². The van der Waals surface area contributed by atoms with E-state index >= 15 is 0 Å². The van der Waals surface area contributed by atoms with Crippen LogP contribution in [0.1, 0.15) is 36.5 Å². The molecule has 1 aliphatic rings. The van der Waals surface area contributed by atoms with Crippen LogP contribution in [0.2, 0.25) is 5.02 Å². The van der Waals surface area contributed by atoms with Crippen molar-refractivity contribution in [2.75, 3.05) is 11.1 Å². The van der Waals surface area contributed by atoms with Gasteiger partial charge >= 0.3 is 5.97 Å². The summed E-state index contributed by atoms with van der Waals surface area (Å²) in [6.07, 6.45) is 0.921. The van der Waals surface area contributed by atoms with Crippen molar-refractivity contribution in [3.63, 3.8) is 0 Å². The molecule has 0 saturated carbocycles. The van der Waals surface area contributed by atoms with Crippen LogP contribution in [0.25, 0.3) is 0 Å². The van der Waals surface area contributed by atoms with Crippen LogP contribution < -0.4 is 10.6 Å². The van der Waals surface area contributed by atoms with Crippen molar-refractivity contribution in [1.82, 2.24) is 5.32 Å². The molecule has 1 atom stereocenters. The lowest BCUT2D eigenvalue weighted by Crippen LogP contribution is -2.29. The number of halogens is 1. The van der Waals surface area contributed by atoms with Gasteiger partial charge in [-0.3, -0.25) is 4.79 Å². The van der Waals surface area contributed by atoms with Gasteiger partial charge in [-0.2, -0.15) is 5.26 Å². The van der Waals surface area contributed by atoms with Gasteiger partial charge in [-0.05, 0) is 54.3 Å².